The molecule has 3 aliphatic rings. The molecule has 1 N–H and O–H groups in total. The molecule has 0 radical (unpaired) electrons. The number of imide groups is 1. The largest absolute Gasteiger partial charge is 0.451 e. The predicted molar refractivity (Wildman–Crippen MR) is 97.5 cm³/mol. The molecule has 0 aromatic carbocycles. The van der Waals surface area contributed by atoms with Gasteiger partial charge in [-0.15, -0.1) is 0 Å². The van der Waals surface area contributed by atoms with Crippen molar-refractivity contribution >= 4 is 33.5 Å². The van der Waals surface area contributed by atoms with Crippen LogP contribution in [0.4, 0.5) is 0 Å². The number of fused-ring (bicyclic) bond motifs is 1. The fraction of sp³-hybridized carbons (Fsp3) is 0.778. The highest BCUT2D eigenvalue weighted by atomic mass is 32.2. The van der Waals surface area contributed by atoms with E-state index in [0.29, 0.717) is 19.3 Å². The second-order valence-electron chi connectivity index (χ2n) is 7.91. The third-order valence-electron chi connectivity index (χ3n) is 5.84. The summed E-state index contributed by atoms with van der Waals surface area (Å²) in [6, 6.07) is -1.60. The molecule has 3 rings (SSSR count). The Morgan fingerprint density at radius 1 is 1.07 bits per heavy atom. The van der Waals surface area contributed by atoms with Gasteiger partial charge in [-0.1, -0.05) is 12.8 Å². The molecule has 1 saturated carbocycles. The van der Waals surface area contributed by atoms with Gasteiger partial charge < -0.3 is 10.1 Å². The number of hydrogen-bond acceptors (Lipinski definition) is 7. The average molecular weight is 414 g/mol. The summed E-state index contributed by atoms with van der Waals surface area (Å²) in [4.78, 5) is 50.7. The van der Waals surface area contributed by atoms with Crippen molar-refractivity contribution in [1.82, 2.24) is 10.2 Å². The number of sulfone groups is 1. The van der Waals surface area contributed by atoms with Crippen molar-refractivity contribution in [1.29, 1.82) is 0 Å². The first-order valence-corrected chi connectivity index (χ1v) is 11.5. The Labute approximate surface area is 164 Å². The lowest BCUT2D eigenvalue weighted by atomic mass is 9.81. The molecule has 28 heavy (non-hydrogen) atoms. The number of carbonyl (C=O) groups excluding carboxylic acids is 4. The van der Waals surface area contributed by atoms with Crippen LogP contribution in [0.25, 0.3) is 0 Å². The third kappa shape index (κ3) is 4.06. The fourth-order valence-corrected chi connectivity index (χ4v) is 5.90. The van der Waals surface area contributed by atoms with Gasteiger partial charge in [-0.05, 0) is 33.1 Å². The van der Waals surface area contributed by atoms with Crippen LogP contribution in [-0.4, -0.2) is 66.7 Å². The number of nitrogens with zero attached hydrogens (tertiary/aromatic N) is 1. The number of rotatable bonds is 5. The quantitative estimate of drug-likeness (QED) is 0.487. The molecule has 3 fully saturated rings. The van der Waals surface area contributed by atoms with E-state index in [1.165, 1.54) is 13.8 Å². The second kappa shape index (κ2) is 7.81. The number of ether oxygens (including phenoxy) is 1. The highest BCUT2D eigenvalue weighted by molar-refractivity contribution is 7.91. The Bertz CT molecular complexity index is 770. The number of nitrogens with one attached hydrogen (secondary N) is 1. The smallest absolute Gasteiger partial charge is 0.329 e. The number of hydrogen-bond donors (Lipinski definition) is 1. The lowest BCUT2D eigenvalue weighted by Gasteiger charge is -2.23. The monoisotopic (exact) mass is 414 g/mol. The number of amides is 3. The van der Waals surface area contributed by atoms with Gasteiger partial charge in [0.05, 0.1) is 23.3 Å². The maximum absolute atomic E-state index is 12.6. The molecule has 3 amide bonds. The SMILES string of the molecule is C[C@@H](OC(=O)[C@H](C)N1C(=O)[C@H]2CCCC[C@H]2C1=O)C(=O)N[C@H]1CCS(=O)(=O)C1. The molecule has 0 unspecified atom stereocenters. The van der Waals surface area contributed by atoms with Crippen molar-refractivity contribution in [2.45, 2.75) is 64.1 Å². The molecular weight excluding hydrogens is 388 g/mol. The van der Waals surface area contributed by atoms with Crippen molar-refractivity contribution in [2.75, 3.05) is 11.5 Å². The van der Waals surface area contributed by atoms with Crippen molar-refractivity contribution in [2.24, 2.45) is 11.8 Å². The summed E-state index contributed by atoms with van der Waals surface area (Å²) in [6.07, 6.45) is 2.24. The molecule has 1 aliphatic carbocycles. The molecule has 0 aromatic heterocycles. The molecule has 2 heterocycles. The number of likely N-dealkylation sites (tertiary alicyclic amines) is 1. The Morgan fingerprint density at radius 2 is 1.64 bits per heavy atom. The summed E-state index contributed by atoms with van der Waals surface area (Å²) in [6.45, 7) is 2.79. The first-order chi connectivity index (χ1) is 13.1. The van der Waals surface area contributed by atoms with Gasteiger partial charge >= 0.3 is 5.97 Å². The first-order valence-electron chi connectivity index (χ1n) is 9.69. The molecule has 0 aromatic rings. The minimum absolute atomic E-state index is 0.0185. The van der Waals surface area contributed by atoms with Crippen LogP contribution in [0.5, 0.6) is 0 Å². The molecule has 5 atom stereocenters. The Balaban J connectivity index is 1.57. The van der Waals surface area contributed by atoms with Gasteiger partial charge in [0.15, 0.2) is 15.9 Å². The number of esters is 1. The van der Waals surface area contributed by atoms with E-state index in [-0.39, 0.29) is 35.2 Å². The maximum atomic E-state index is 12.6. The van der Waals surface area contributed by atoms with Gasteiger partial charge in [0.1, 0.15) is 6.04 Å². The molecule has 10 heteroatoms. The summed E-state index contributed by atoms with van der Waals surface area (Å²) in [5.74, 6) is -2.94. The topological polar surface area (TPSA) is 127 Å². The summed E-state index contributed by atoms with van der Waals surface area (Å²) < 4.78 is 28.1. The summed E-state index contributed by atoms with van der Waals surface area (Å²) in [5.41, 5.74) is 0. The van der Waals surface area contributed by atoms with Gasteiger partial charge in [-0.25, -0.2) is 13.2 Å². The number of carbonyl (C=O) groups is 4. The highest BCUT2D eigenvalue weighted by Crippen LogP contribution is 2.38. The van der Waals surface area contributed by atoms with Crippen molar-refractivity contribution in [3.05, 3.63) is 0 Å². The highest BCUT2D eigenvalue weighted by Gasteiger charge is 2.51. The Morgan fingerprint density at radius 3 is 2.14 bits per heavy atom. The molecule has 2 aliphatic heterocycles. The van der Waals surface area contributed by atoms with Crippen LogP contribution in [0, 0.1) is 11.8 Å². The van der Waals surface area contributed by atoms with E-state index in [2.05, 4.69) is 5.32 Å². The molecule has 156 valence electrons. The van der Waals surface area contributed by atoms with E-state index in [1.54, 1.807) is 0 Å². The molecule has 2 saturated heterocycles. The van der Waals surface area contributed by atoms with Gasteiger partial charge in [0, 0.05) is 6.04 Å². The van der Waals surface area contributed by atoms with Crippen LogP contribution in [0.2, 0.25) is 0 Å². The lowest BCUT2D eigenvalue weighted by molar-refractivity contribution is -0.164. The van der Waals surface area contributed by atoms with Gasteiger partial charge in [0.25, 0.3) is 5.91 Å². The van der Waals surface area contributed by atoms with Gasteiger partial charge in [0.2, 0.25) is 11.8 Å². The normalized spacial score (nSPS) is 31.2. The van der Waals surface area contributed by atoms with Crippen molar-refractivity contribution in [3.8, 4) is 0 Å². The molecule has 9 nitrogen and oxygen atoms in total. The lowest BCUT2D eigenvalue weighted by Crippen LogP contribution is -2.47. The van der Waals surface area contributed by atoms with E-state index >= 15 is 0 Å². The Hall–Kier alpha value is -1.97. The first kappa shape index (κ1) is 20.8. The minimum Gasteiger partial charge on any atom is -0.451 e. The van der Waals surface area contributed by atoms with E-state index in [0.717, 1.165) is 17.7 Å². The minimum atomic E-state index is -3.14. The maximum Gasteiger partial charge on any atom is 0.329 e. The van der Waals surface area contributed by atoms with Crippen LogP contribution in [0.3, 0.4) is 0 Å². The van der Waals surface area contributed by atoms with E-state index in [9.17, 15) is 27.6 Å². The molecule has 0 spiro atoms. The van der Waals surface area contributed by atoms with Crippen LogP contribution >= 0.6 is 0 Å². The van der Waals surface area contributed by atoms with Crippen molar-refractivity contribution in [3.63, 3.8) is 0 Å². The average Bonchev–Trinajstić information content (AvgIpc) is 3.11. The van der Waals surface area contributed by atoms with E-state index in [4.69, 9.17) is 4.74 Å². The zero-order valence-electron chi connectivity index (χ0n) is 16.0. The van der Waals surface area contributed by atoms with Crippen LogP contribution in [0.15, 0.2) is 0 Å². The third-order valence-corrected chi connectivity index (χ3v) is 7.61. The van der Waals surface area contributed by atoms with E-state index < -0.39 is 39.9 Å². The standard InChI is InChI=1S/C18H26N2O7S/c1-10(20-16(22)13-5-3-4-6-14(13)17(20)23)18(24)27-11(2)15(21)19-12-7-8-28(25,26)9-12/h10-14H,3-9H2,1-2H3,(H,19,21)/t10-,11+,12-,13-,14+/m0/s1. The Kier molecular flexibility index (Phi) is 5.79. The molecular formula is C18H26N2O7S. The van der Waals surface area contributed by atoms with Gasteiger partial charge in [-0.3, -0.25) is 19.3 Å². The summed E-state index contributed by atoms with van der Waals surface area (Å²) in [5, 5.41) is 2.56. The summed E-state index contributed by atoms with van der Waals surface area (Å²) >= 11 is 0. The molecule has 0 bridgehead atoms. The fourth-order valence-electron chi connectivity index (χ4n) is 4.23. The predicted octanol–water partition coefficient (Wildman–Crippen LogP) is -0.215. The summed E-state index contributed by atoms with van der Waals surface area (Å²) in [7, 11) is -3.14. The zero-order chi connectivity index (χ0) is 20.6. The zero-order valence-corrected chi connectivity index (χ0v) is 16.9. The van der Waals surface area contributed by atoms with Crippen LogP contribution in [-0.2, 0) is 33.8 Å². The van der Waals surface area contributed by atoms with Crippen molar-refractivity contribution < 1.29 is 32.3 Å². The van der Waals surface area contributed by atoms with E-state index in [1.807, 2.05) is 0 Å². The van der Waals surface area contributed by atoms with Gasteiger partial charge in [-0.2, -0.15) is 0 Å². The van der Waals surface area contributed by atoms with Crippen LogP contribution in [0.1, 0.15) is 46.0 Å². The second-order valence-corrected chi connectivity index (χ2v) is 10.1. The van der Waals surface area contributed by atoms with Crippen LogP contribution < -0.4 is 5.32 Å².